The second-order valence-corrected chi connectivity index (χ2v) is 7.36. The number of amides is 1. The summed E-state index contributed by atoms with van der Waals surface area (Å²) in [4.78, 5) is 25.5. The van der Waals surface area contributed by atoms with E-state index in [1.807, 2.05) is 31.2 Å². The van der Waals surface area contributed by atoms with E-state index in [0.717, 1.165) is 12.0 Å². The van der Waals surface area contributed by atoms with Crippen molar-refractivity contribution in [3.05, 3.63) is 76.2 Å². The first-order chi connectivity index (χ1) is 12.9. The number of hydrogen-bond donors (Lipinski definition) is 1. The van der Waals surface area contributed by atoms with Crippen molar-refractivity contribution in [2.24, 2.45) is 0 Å². The highest BCUT2D eigenvalue weighted by atomic mass is 16.2. The fourth-order valence-electron chi connectivity index (χ4n) is 3.14. The van der Waals surface area contributed by atoms with E-state index in [1.54, 1.807) is 18.2 Å². The third-order valence-corrected chi connectivity index (χ3v) is 4.76. The molecular formula is C22H25N3O2. The van der Waals surface area contributed by atoms with Crippen LogP contribution in [0.1, 0.15) is 43.2 Å². The van der Waals surface area contributed by atoms with E-state index in [-0.39, 0.29) is 16.9 Å². The lowest BCUT2D eigenvalue weighted by Crippen LogP contribution is -2.38. The summed E-state index contributed by atoms with van der Waals surface area (Å²) in [5, 5.41) is 8.47. The molecule has 3 rings (SSSR count). The number of fused-ring (bicyclic) bond motifs is 1. The molecule has 0 unspecified atom stereocenters. The number of aryl methyl sites for hydroxylation is 1. The summed E-state index contributed by atoms with van der Waals surface area (Å²) in [6.45, 7) is 7.11. The van der Waals surface area contributed by atoms with Crippen molar-refractivity contribution in [2.45, 2.75) is 39.2 Å². The van der Waals surface area contributed by atoms with Crippen LogP contribution in [0.15, 0.2) is 59.4 Å². The number of carbonyl (C=O) groups excluding carboxylic acids is 1. The monoisotopic (exact) mass is 363 g/mol. The van der Waals surface area contributed by atoms with Crippen LogP contribution in [0.5, 0.6) is 0 Å². The molecule has 5 nitrogen and oxygen atoms in total. The number of aromatic nitrogens is 2. The Kier molecular flexibility index (Phi) is 5.40. The molecule has 0 bridgehead atoms. The molecule has 1 amide bonds. The summed E-state index contributed by atoms with van der Waals surface area (Å²) in [7, 11) is 0. The fraction of sp³-hybridized carbons (Fsp3) is 0.318. The van der Waals surface area contributed by atoms with Crippen LogP contribution in [-0.4, -0.2) is 22.2 Å². The number of carbonyl (C=O) groups is 1. The number of benzene rings is 2. The van der Waals surface area contributed by atoms with Gasteiger partial charge >= 0.3 is 0 Å². The lowest BCUT2D eigenvalue weighted by Gasteiger charge is -2.25. The van der Waals surface area contributed by atoms with Crippen LogP contribution in [0.4, 0.5) is 0 Å². The molecule has 27 heavy (non-hydrogen) atoms. The van der Waals surface area contributed by atoms with Crippen molar-refractivity contribution in [1.29, 1.82) is 0 Å². The Labute approximate surface area is 159 Å². The highest BCUT2D eigenvalue weighted by molar-refractivity contribution is 6.04. The number of rotatable bonds is 6. The highest BCUT2D eigenvalue weighted by Gasteiger charge is 2.23. The van der Waals surface area contributed by atoms with Crippen molar-refractivity contribution in [2.75, 3.05) is 6.54 Å². The molecule has 140 valence electrons. The first-order valence-electron chi connectivity index (χ1n) is 9.27. The Hall–Kier alpha value is -2.95. The minimum atomic E-state index is -0.264. The quantitative estimate of drug-likeness (QED) is 0.729. The van der Waals surface area contributed by atoms with Gasteiger partial charge in [0.1, 0.15) is 0 Å². The minimum Gasteiger partial charge on any atom is -0.350 e. The van der Waals surface area contributed by atoms with Crippen molar-refractivity contribution in [3.63, 3.8) is 0 Å². The molecule has 0 spiro atoms. The SMILES string of the molecule is CCCn1nc(C(=O)NCC(C)(C)c2ccccc2)c2ccccc2c1=O. The summed E-state index contributed by atoms with van der Waals surface area (Å²) in [5.74, 6) is -0.264. The van der Waals surface area contributed by atoms with Gasteiger partial charge in [0.25, 0.3) is 11.5 Å². The number of nitrogens with one attached hydrogen (secondary N) is 1. The smallest absolute Gasteiger partial charge is 0.274 e. The zero-order valence-electron chi connectivity index (χ0n) is 16.0. The summed E-state index contributed by atoms with van der Waals surface area (Å²) in [6, 6.07) is 17.2. The average Bonchev–Trinajstić information content (AvgIpc) is 2.69. The molecule has 0 saturated carbocycles. The summed E-state index contributed by atoms with van der Waals surface area (Å²) >= 11 is 0. The predicted molar refractivity (Wildman–Crippen MR) is 108 cm³/mol. The topological polar surface area (TPSA) is 64.0 Å². The van der Waals surface area contributed by atoms with Crippen LogP contribution in [0, 0.1) is 0 Å². The molecule has 0 aliphatic rings. The van der Waals surface area contributed by atoms with E-state index in [1.165, 1.54) is 4.68 Å². The normalized spacial score (nSPS) is 11.5. The van der Waals surface area contributed by atoms with Gasteiger partial charge in [0.2, 0.25) is 0 Å². The van der Waals surface area contributed by atoms with Gasteiger partial charge in [-0.2, -0.15) is 5.10 Å². The molecule has 0 aliphatic carbocycles. The molecule has 5 heteroatoms. The molecule has 0 radical (unpaired) electrons. The Balaban J connectivity index is 1.92. The molecule has 0 atom stereocenters. The second kappa shape index (κ2) is 7.74. The van der Waals surface area contributed by atoms with Gasteiger partial charge in [0, 0.05) is 23.9 Å². The first-order valence-corrected chi connectivity index (χ1v) is 9.27. The van der Waals surface area contributed by atoms with Gasteiger partial charge in [-0.05, 0) is 18.1 Å². The Morgan fingerprint density at radius 2 is 1.67 bits per heavy atom. The van der Waals surface area contributed by atoms with Crippen molar-refractivity contribution >= 4 is 16.7 Å². The Morgan fingerprint density at radius 1 is 1.04 bits per heavy atom. The molecule has 0 fully saturated rings. The standard InChI is InChI=1S/C22H25N3O2/c1-4-14-25-21(27)18-13-9-8-12-17(18)19(24-25)20(26)23-15-22(2,3)16-10-6-5-7-11-16/h5-13H,4,14-15H2,1-3H3,(H,23,26). The summed E-state index contributed by atoms with van der Waals surface area (Å²) in [6.07, 6.45) is 0.771. The van der Waals surface area contributed by atoms with E-state index >= 15 is 0 Å². The van der Waals surface area contributed by atoms with Crippen molar-refractivity contribution in [3.8, 4) is 0 Å². The summed E-state index contributed by atoms with van der Waals surface area (Å²) in [5.41, 5.74) is 1.07. The maximum Gasteiger partial charge on any atom is 0.274 e. The van der Waals surface area contributed by atoms with Crippen LogP contribution in [0.3, 0.4) is 0 Å². The van der Waals surface area contributed by atoms with Crippen molar-refractivity contribution in [1.82, 2.24) is 15.1 Å². The van der Waals surface area contributed by atoms with E-state index in [4.69, 9.17) is 0 Å². The van der Waals surface area contributed by atoms with Crippen LogP contribution >= 0.6 is 0 Å². The Morgan fingerprint density at radius 3 is 2.33 bits per heavy atom. The van der Waals surface area contributed by atoms with Gasteiger partial charge in [0.15, 0.2) is 5.69 Å². The maximum atomic E-state index is 12.9. The molecule has 3 aromatic rings. The molecule has 0 saturated heterocycles. The molecule has 1 N–H and O–H groups in total. The zero-order valence-corrected chi connectivity index (χ0v) is 16.0. The molecular weight excluding hydrogens is 338 g/mol. The first kappa shape index (κ1) is 18.8. The fourth-order valence-corrected chi connectivity index (χ4v) is 3.14. The van der Waals surface area contributed by atoms with Crippen LogP contribution in [0.25, 0.3) is 10.8 Å². The molecule has 1 aromatic heterocycles. The summed E-state index contributed by atoms with van der Waals surface area (Å²) < 4.78 is 1.39. The maximum absolute atomic E-state index is 12.9. The van der Waals surface area contributed by atoms with Gasteiger partial charge in [-0.15, -0.1) is 0 Å². The van der Waals surface area contributed by atoms with Crippen LogP contribution < -0.4 is 10.9 Å². The average molecular weight is 363 g/mol. The van der Waals surface area contributed by atoms with Crippen molar-refractivity contribution < 1.29 is 4.79 Å². The lowest BCUT2D eigenvalue weighted by molar-refractivity contribution is 0.0940. The van der Waals surface area contributed by atoms with Gasteiger partial charge in [-0.3, -0.25) is 9.59 Å². The third kappa shape index (κ3) is 3.92. The molecule has 2 aromatic carbocycles. The number of hydrogen-bond acceptors (Lipinski definition) is 3. The zero-order chi connectivity index (χ0) is 19.4. The van der Waals surface area contributed by atoms with E-state index in [0.29, 0.717) is 29.6 Å². The number of nitrogens with zero attached hydrogens (tertiary/aromatic N) is 2. The largest absolute Gasteiger partial charge is 0.350 e. The Bertz CT molecular complexity index is 1010. The molecule has 0 aliphatic heterocycles. The van der Waals surface area contributed by atoms with Gasteiger partial charge < -0.3 is 5.32 Å². The van der Waals surface area contributed by atoms with Crippen LogP contribution in [0.2, 0.25) is 0 Å². The van der Waals surface area contributed by atoms with Gasteiger partial charge in [-0.25, -0.2) is 4.68 Å². The van der Waals surface area contributed by atoms with Gasteiger partial charge in [0.05, 0.1) is 5.39 Å². The van der Waals surface area contributed by atoms with E-state index in [2.05, 4.69) is 36.4 Å². The third-order valence-electron chi connectivity index (χ3n) is 4.76. The second-order valence-electron chi connectivity index (χ2n) is 7.36. The minimum absolute atomic E-state index is 0.159. The predicted octanol–water partition coefficient (Wildman–Crippen LogP) is 3.51. The van der Waals surface area contributed by atoms with E-state index < -0.39 is 0 Å². The van der Waals surface area contributed by atoms with E-state index in [9.17, 15) is 9.59 Å². The van der Waals surface area contributed by atoms with Gasteiger partial charge in [-0.1, -0.05) is 69.3 Å². The molecule has 1 heterocycles. The highest BCUT2D eigenvalue weighted by Crippen LogP contribution is 2.22. The van der Waals surface area contributed by atoms with Crippen LogP contribution in [-0.2, 0) is 12.0 Å². The lowest BCUT2D eigenvalue weighted by atomic mass is 9.84.